The number of rotatable bonds is 1. The summed E-state index contributed by atoms with van der Waals surface area (Å²) in [7, 11) is 1.38. The van der Waals surface area contributed by atoms with Crippen LogP contribution in [0.2, 0.25) is 0 Å². The van der Waals surface area contributed by atoms with E-state index in [9.17, 15) is 4.79 Å². The molecule has 0 amide bonds. The second-order valence-corrected chi connectivity index (χ2v) is 2.93. The molecule has 0 aliphatic rings. The van der Waals surface area contributed by atoms with E-state index in [4.69, 9.17) is 0 Å². The SMILES string of the molecule is COC(=O)n1cccc1C(C)C. The Morgan fingerprint density at radius 1 is 1.58 bits per heavy atom. The van der Waals surface area contributed by atoms with Crippen molar-refractivity contribution in [3.63, 3.8) is 0 Å². The van der Waals surface area contributed by atoms with Crippen molar-refractivity contribution < 1.29 is 9.53 Å². The number of aromatic nitrogens is 1. The summed E-state index contributed by atoms with van der Waals surface area (Å²) in [6.07, 6.45) is 1.38. The zero-order valence-corrected chi connectivity index (χ0v) is 7.57. The Morgan fingerprint density at radius 2 is 2.25 bits per heavy atom. The molecule has 1 rings (SSSR count). The molecule has 0 bridgehead atoms. The van der Waals surface area contributed by atoms with E-state index in [1.807, 2.05) is 26.0 Å². The highest BCUT2D eigenvalue weighted by atomic mass is 16.5. The van der Waals surface area contributed by atoms with E-state index in [1.54, 1.807) is 6.20 Å². The third-order valence-corrected chi connectivity index (χ3v) is 1.74. The lowest BCUT2D eigenvalue weighted by molar-refractivity contribution is 0.172. The number of nitrogens with zero attached hydrogens (tertiary/aromatic N) is 1. The van der Waals surface area contributed by atoms with Gasteiger partial charge in [0.25, 0.3) is 0 Å². The van der Waals surface area contributed by atoms with Crippen molar-refractivity contribution in [2.24, 2.45) is 0 Å². The summed E-state index contributed by atoms with van der Waals surface area (Å²) >= 11 is 0. The Balaban J connectivity index is 2.99. The molecule has 0 saturated carbocycles. The lowest BCUT2D eigenvalue weighted by Gasteiger charge is -2.08. The highest BCUT2D eigenvalue weighted by molar-refractivity contribution is 5.71. The zero-order valence-electron chi connectivity index (χ0n) is 7.57. The van der Waals surface area contributed by atoms with Crippen LogP contribution in [-0.4, -0.2) is 17.8 Å². The summed E-state index contributed by atoms with van der Waals surface area (Å²) in [6.45, 7) is 4.07. The lowest BCUT2D eigenvalue weighted by Crippen LogP contribution is -2.13. The van der Waals surface area contributed by atoms with E-state index in [2.05, 4.69) is 4.74 Å². The molecule has 0 spiro atoms. The number of hydrogen-bond donors (Lipinski definition) is 0. The van der Waals surface area contributed by atoms with Crippen molar-refractivity contribution in [3.05, 3.63) is 24.0 Å². The molecule has 1 heterocycles. The number of carbonyl (C=O) groups excluding carboxylic acids is 1. The van der Waals surface area contributed by atoms with Gasteiger partial charge in [-0.15, -0.1) is 0 Å². The van der Waals surface area contributed by atoms with Crippen LogP contribution in [0.4, 0.5) is 4.79 Å². The summed E-state index contributed by atoms with van der Waals surface area (Å²) in [5, 5.41) is 0. The van der Waals surface area contributed by atoms with E-state index >= 15 is 0 Å². The van der Waals surface area contributed by atoms with Crippen LogP contribution in [0.1, 0.15) is 25.5 Å². The predicted molar refractivity (Wildman–Crippen MR) is 46.3 cm³/mol. The van der Waals surface area contributed by atoms with Gasteiger partial charge in [-0.2, -0.15) is 0 Å². The summed E-state index contributed by atoms with van der Waals surface area (Å²) in [5.74, 6) is 0.332. The molecule has 66 valence electrons. The van der Waals surface area contributed by atoms with Crippen LogP contribution in [-0.2, 0) is 4.74 Å². The smallest absolute Gasteiger partial charge is 0.417 e. The fourth-order valence-electron chi connectivity index (χ4n) is 1.13. The first-order valence-electron chi connectivity index (χ1n) is 3.92. The van der Waals surface area contributed by atoms with E-state index in [0.717, 1.165) is 5.69 Å². The van der Waals surface area contributed by atoms with Gasteiger partial charge >= 0.3 is 6.09 Å². The highest BCUT2D eigenvalue weighted by Crippen LogP contribution is 2.14. The van der Waals surface area contributed by atoms with Crippen LogP contribution in [0, 0.1) is 0 Å². The zero-order chi connectivity index (χ0) is 9.14. The van der Waals surface area contributed by atoms with Crippen LogP contribution < -0.4 is 0 Å². The molecule has 0 aliphatic heterocycles. The summed E-state index contributed by atoms with van der Waals surface area (Å²) in [6, 6.07) is 3.76. The molecule has 12 heavy (non-hydrogen) atoms. The number of hydrogen-bond acceptors (Lipinski definition) is 2. The van der Waals surface area contributed by atoms with Gasteiger partial charge in [0, 0.05) is 11.9 Å². The van der Waals surface area contributed by atoms with Gasteiger partial charge in [0.05, 0.1) is 7.11 Å². The van der Waals surface area contributed by atoms with Crippen molar-refractivity contribution in [3.8, 4) is 0 Å². The third kappa shape index (κ3) is 1.49. The van der Waals surface area contributed by atoms with Gasteiger partial charge in [0.1, 0.15) is 0 Å². The van der Waals surface area contributed by atoms with Crippen molar-refractivity contribution in [2.75, 3.05) is 7.11 Å². The average molecular weight is 167 g/mol. The van der Waals surface area contributed by atoms with Gasteiger partial charge in [0.15, 0.2) is 0 Å². The Bertz CT molecular complexity index is 276. The molecule has 0 radical (unpaired) electrons. The quantitative estimate of drug-likeness (QED) is 0.642. The number of ether oxygens (including phenoxy) is 1. The molecule has 3 nitrogen and oxygen atoms in total. The van der Waals surface area contributed by atoms with Crippen molar-refractivity contribution in [1.82, 2.24) is 4.57 Å². The molecule has 0 fully saturated rings. The second-order valence-electron chi connectivity index (χ2n) is 2.93. The maximum atomic E-state index is 11.1. The van der Waals surface area contributed by atoms with Crippen molar-refractivity contribution in [1.29, 1.82) is 0 Å². The van der Waals surface area contributed by atoms with Crippen LogP contribution >= 0.6 is 0 Å². The van der Waals surface area contributed by atoms with E-state index in [1.165, 1.54) is 11.7 Å². The average Bonchev–Trinajstić information content (AvgIpc) is 2.50. The highest BCUT2D eigenvalue weighted by Gasteiger charge is 2.10. The Morgan fingerprint density at radius 3 is 2.75 bits per heavy atom. The van der Waals surface area contributed by atoms with E-state index in [0.29, 0.717) is 5.92 Å². The molecule has 0 aromatic carbocycles. The first-order valence-corrected chi connectivity index (χ1v) is 3.92. The predicted octanol–water partition coefficient (Wildman–Crippen LogP) is 2.23. The minimum absolute atomic E-state index is 0.330. The first kappa shape index (κ1) is 8.84. The normalized spacial score (nSPS) is 10.3. The monoisotopic (exact) mass is 167 g/mol. The Hall–Kier alpha value is -1.25. The summed E-state index contributed by atoms with van der Waals surface area (Å²) < 4.78 is 6.13. The summed E-state index contributed by atoms with van der Waals surface area (Å²) in [4.78, 5) is 11.1. The first-order chi connectivity index (χ1) is 5.66. The minimum atomic E-state index is -0.330. The van der Waals surface area contributed by atoms with Crippen LogP contribution in [0.3, 0.4) is 0 Å². The van der Waals surface area contributed by atoms with Gasteiger partial charge in [0.2, 0.25) is 0 Å². The molecule has 1 aromatic heterocycles. The molecular weight excluding hydrogens is 154 g/mol. The number of methoxy groups -OCH3 is 1. The molecule has 3 heteroatoms. The van der Waals surface area contributed by atoms with Gasteiger partial charge < -0.3 is 4.74 Å². The molecule has 0 unspecified atom stereocenters. The maximum Gasteiger partial charge on any atom is 0.417 e. The topological polar surface area (TPSA) is 31.2 Å². The molecule has 0 atom stereocenters. The van der Waals surface area contributed by atoms with Crippen LogP contribution in [0.5, 0.6) is 0 Å². The Labute approximate surface area is 72.0 Å². The minimum Gasteiger partial charge on any atom is -0.452 e. The maximum absolute atomic E-state index is 11.1. The summed E-state index contributed by atoms with van der Waals surface area (Å²) in [5.41, 5.74) is 0.974. The Kier molecular flexibility index (Phi) is 2.53. The van der Waals surface area contributed by atoms with Crippen LogP contribution in [0.25, 0.3) is 0 Å². The van der Waals surface area contributed by atoms with Gasteiger partial charge in [-0.3, -0.25) is 4.57 Å². The largest absolute Gasteiger partial charge is 0.452 e. The molecule has 0 aliphatic carbocycles. The van der Waals surface area contributed by atoms with Crippen molar-refractivity contribution >= 4 is 6.09 Å². The van der Waals surface area contributed by atoms with Gasteiger partial charge in [-0.1, -0.05) is 13.8 Å². The fourth-order valence-corrected chi connectivity index (χ4v) is 1.13. The van der Waals surface area contributed by atoms with Gasteiger partial charge in [-0.05, 0) is 18.1 Å². The van der Waals surface area contributed by atoms with E-state index < -0.39 is 0 Å². The number of carbonyl (C=O) groups is 1. The lowest BCUT2D eigenvalue weighted by atomic mass is 10.1. The molecular formula is C9H13NO2. The van der Waals surface area contributed by atoms with Crippen LogP contribution in [0.15, 0.2) is 18.3 Å². The standard InChI is InChI=1S/C9H13NO2/c1-7(2)8-5-4-6-10(8)9(11)12-3/h4-7H,1-3H3. The third-order valence-electron chi connectivity index (χ3n) is 1.74. The van der Waals surface area contributed by atoms with Crippen molar-refractivity contribution in [2.45, 2.75) is 19.8 Å². The van der Waals surface area contributed by atoms with Gasteiger partial charge in [-0.25, -0.2) is 4.79 Å². The van der Waals surface area contributed by atoms with E-state index in [-0.39, 0.29) is 6.09 Å². The fraction of sp³-hybridized carbons (Fsp3) is 0.444. The second kappa shape index (κ2) is 3.43. The molecule has 0 saturated heterocycles. The molecule has 0 N–H and O–H groups in total. The molecule has 1 aromatic rings.